The minimum Gasteiger partial charge on any atom is -0.299 e. The van der Waals surface area contributed by atoms with Crippen molar-refractivity contribution in [1.29, 1.82) is 0 Å². The number of pyridine rings is 1. The Hall–Kier alpha value is -0.860. The molecule has 0 atom stereocenters. The van der Waals surface area contributed by atoms with E-state index in [0.717, 1.165) is 5.56 Å². The highest BCUT2D eigenvalue weighted by atomic mass is 35.5. The maximum atomic E-state index is 9.98. The molecule has 12 heavy (non-hydrogen) atoms. The Kier molecular flexibility index (Phi) is 3.26. The van der Waals surface area contributed by atoms with Crippen molar-refractivity contribution >= 4 is 35.6 Å². The van der Waals surface area contributed by atoms with E-state index < -0.39 is 0 Å². The summed E-state index contributed by atoms with van der Waals surface area (Å²) in [7, 11) is 0. The van der Waals surface area contributed by atoms with E-state index in [0.29, 0.717) is 16.6 Å². The molecule has 0 radical (unpaired) electrons. The molecule has 0 aliphatic carbocycles. The molecule has 0 bridgehead atoms. The molecule has 0 unspecified atom stereocenters. The Labute approximate surface area is 79.8 Å². The van der Waals surface area contributed by atoms with Crippen LogP contribution >= 0.6 is 23.2 Å². The molecule has 0 spiro atoms. The number of carbonyl (C=O) groups excluding carboxylic acids is 1. The maximum Gasteiger partial charge on any atom is 0.142 e. The zero-order chi connectivity index (χ0) is 8.97. The average Bonchev–Trinajstić information content (AvgIpc) is 1.99. The second kappa shape index (κ2) is 4.24. The zero-order valence-electron chi connectivity index (χ0n) is 6.00. The molecule has 0 amide bonds. The fourth-order valence-electron chi connectivity index (χ4n) is 0.730. The minimum atomic E-state index is 0.313. The lowest BCUT2D eigenvalue weighted by molar-refractivity contribution is -0.104. The Morgan fingerprint density at radius 2 is 1.83 bits per heavy atom. The number of rotatable bonds is 2. The Bertz CT molecular complexity index is 303. The van der Waals surface area contributed by atoms with Crippen LogP contribution in [0.15, 0.2) is 18.2 Å². The molecule has 0 saturated heterocycles. The average molecular weight is 202 g/mol. The number of allylic oxidation sites excluding steroid dienone is 1. The predicted molar refractivity (Wildman–Crippen MR) is 49.4 cm³/mol. The van der Waals surface area contributed by atoms with Crippen LogP contribution in [0.1, 0.15) is 5.56 Å². The van der Waals surface area contributed by atoms with Gasteiger partial charge >= 0.3 is 0 Å². The molecular weight excluding hydrogens is 197 g/mol. The van der Waals surface area contributed by atoms with Crippen molar-refractivity contribution in [3.63, 3.8) is 0 Å². The van der Waals surface area contributed by atoms with Crippen LogP contribution in [0.3, 0.4) is 0 Å². The van der Waals surface area contributed by atoms with Gasteiger partial charge in [0.1, 0.15) is 16.6 Å². The van der Waals surface area contributed by atoms with Crippen molar-refractivity contribution in [3.8, 4) is 0 Å². The van der Waals surface area contributed by atoms with Gasteiger partial charge in [0.2, 0.25) is 0 Å². The zero-order valence-corrected chi connectivity index (χ0v) is 7.51. The summed E-state index contributed by atoms with van der Waals surface area (Å²) < 4.78 is 0. The number of hydrogen-bond acceptors (Lipinski definition) is 2. The molecule has 0 N–H and O–H groups in total. The van der Waals surface area contributed by atoms with Gasteiger partial charge in [-0.1, -0.05) is 29.3 Å². The Balaban J connectivity index is 3.00. The van der Waals surface area contributed by atoms with E-state index in [9.17, 15) is 4.79 Å². The molecule has 0 fully saturated rings. The molecule has 0 aliphatic rings. The standard InChI is InChI=1S/C8H5Cl2NO/c9-7-4-6(2-1-3-12)5-8(10)11-7/h1-5H. The van der Waals surface area contributed by atoms with Gasteiger partial charge < -0.3 is 0 Å². The summed E-state index contributed by atoms with van der Waals surface area (Å²) in [5.74, 6) is 0. The van der Waals surface area contributed by atoms with Crippen LogP contribution in [0.25, 0.3) is 6.08 Å². The number of aromatic nitrogens is 1. The predicted octanol–water partition coefficient (Wildman–Crippen LogP) is 2.60. The fraction of sp³-hybridized carbons (Fsp3) is 0. The summed E-state index contributed by atoms with van der Waals surface area (Å²) in [6.45, 7) is 0. The summed E-state index contributed by atoms with van der Waals surface area (Å²) in [5, 5.41) is 0.626. The molecule has 0 aromatic carbocycles. The molecule has 0 saturated carbocycles. The molecule has 1 rings (SSSR count). The first-order valence-corrected chi connectivity index (χ1v) is 3.93. The van der Waals surface area contributed by atoms with Gasteiger partial charge in [0.25, 0.3) is 0 Å². The highest BCUT2D eigenvalue weighted by Crippen LogP contribution is 2.15. The van der Waals surface area contributed by atoms with E-state index in [-0.39, 0.29) is 0 Å². The van der Waals surface area contributed by atoms with Crippen LogP contribution in [0.5, 0.6) is 0 Å². The van der Waals surface area contributed by atoms with E-state index in [1.807, 2.05) is 0 Å². The molecule has 1 aromatic rings. The monoisotopic (exact) mass is 201 g/mol. The first-order chi connectivity index (χ1) is 5.72. The Morgan fingerprint density at radius 3 is 2.33 bits per heavy atom. The third kappa shape index (κ3) is 2.64. The lowest BCUT2D eigenvalue weighted by Crippen LogP contribution is -1.79. The van der Waals surface area contributed by atoms with Crippen LogP contribution in [-0.4, -0.2) is 11.3 Å². The van der Waals surface area contributed by atoms with Crippen LogP contribution in [-0.2, 0) is 4.79 Å². The quantitative estimate of drug-likeness (QED) is 0.419. The van der Waals surface area contributed by atoms with Crippen molar-refractivity contribution in [2.45, 2.75) is 0 Å². The first-order valence-electron chi connectivity index (χ1n) is 3.17. The van der Waals surface area contributed by atoms with Gasteiger partial charge in [-0.15, -0.1) is 0 Å². The first kappa shape index (κ1) is 9.23. The van der Waals surface area contributed by atoms with E-state index in [4.69, 9.17) is 23.2 Å². The molecule has 4 heteroatoms. The van der Waals surface area contributed by atoms with Gasteiger partial charge in [0.15, 0.2) is 0 Å². The summed E-state index contributed by atoms with van der Waals surface area (Å²) in [5.41, 5.74) is 0.757. The second-order valence-electron chi connectivity index (χ2n) is 2.04. The van der Waals surface area contributed by atoms with Crippen molar-refractivity contribution in [3.05, 3.63) is 34.1 Å². The fourth-order valence-corrected chi connectivity index (χ4v) is 1.21. The third-order valence-electron chi connectivity index (χ3n) is 1.15. The highest BCUT2D eigenvalue weighted by Gasteiger charge is 1.95. The largest absolute Gasteiger partial charge is 0.299 e. The van der Waals surface area contributed by atoms with E-state index in [1.54, 1.807) is 18.2 Å². The number of hydrogen-bond donors (Lipinski definition) is 0. The second-order valence-corrected chi connectivity index (χ2v) is 2.82. The van der Waals surface area contributed by atoms with Gasteiger partial charge in [-0.3, -0.25) is 4.79 Å². The van der Waals surface area contributed by atoms with E-state index >= 15 is 0 Å². The Morgan fingerprint density at radius 1 is 1.25 bits per heavy atom. The van der Waals surface area contributed by atoms with Gasteiger partial charge in [0, 0.05) is 0 Å². The van der Waals surface area contributed by atoms with Crippen LogP contribution in [0.4, 0.5) is 0 Å². The number of nitrogens with zero attached hydrogens (tertiary/aromatic N) is 1. The topological polar surface area (TPSA) is 30.0 Å². The molecule has 2 nitrogen and oxygen atoms in total. The van der Waals surface area contributed by atoms with Gasteiger partial charge in [-0.2, -0.15) is 0 Å². The molecular formula is C8H5Cl2NO. The van der Waals surface area contributed by atoms with Crippen molar-refractivity contribution in [2.24, 2.45) is 0 Å². The molecule has 1 heterocycles. The third-order valence-corrected chi connectivity index (χ3v) is 1.54. The minimum absolute atomic E-state index is 0.313. The smallest absolute Gasteiger partial charge is 0.142 e. The summed E-state index contributed by atoms with van der Waals surface area (Å²) in [6.07, 6.45) is 3.65. The SMILES string of the molecule is O=CC=Cc1cc(Cl)nc(Cl)c1. The highest BCUT2D eigenvalue weighted by molar-refractivity contribution is 6.32. The number of halogens is 2. The maximum absolute atomic E-state index is 9.98. The molecule has 0 aliphatic heterocycles. The summed E-state index contributed by atoms with van der Waals surface area (Å²) in [4.78, 5) is 13.7. The molecule has 62 valence electrons. The van der Waals surface area contributed by atoms with Gasteiger partial charge in [-0.05, 0) is 23.8 Å². The molecule has 1 aromatic heterocycles. The number of carbonyl (C=O) groups is 1. The van der Waals surface area contributed by atoms with Crippen LogP contribution < -0.4 is 0 Å². The van der Waals surface area contributed by atoms with E-state index in [2.05, 4.69) is 4.98 Å². The van der Waals surface area contributed by atoms with Gasteiger partial charge in [-0.25, -0.2) is 4.98 Å². The van der Waals surface area contributed by atoms with Crippen molar-refractivity contribution in [1.82, 2.24) is 4.98 Å². The normalized spacial score (nSPS) is 10.5. The van der Waals surface area contributed by atoms with Crippen LogP contribution in [0, 0.1) is 0 Å². The lowest BCUT2D eigenvalue weighted by atomic mass is 10.2. The summed E-state index contributed by atoms with van der Waals surface area (Å²) in [6, 6.07) is 3.24. The van der Waals surface area contributed by atoms with Gasteiger partial charge in [0.05, 0.1) is 0 Å². The van der Waals surface area contributed by atoms with E-state index in [1.165, 1.54) is 6.08 Å². The van der Waals surface area contributed by atoms with Crippen LogP contribution in [0.2, 0.25) is 10.3 Å². The number of aldehydes is 1. The summed E-state index contributed by atoms with van der Waals surface area (Å²) >= 11 is 11.2. The van der Waals surface area contributed by atoms with Crippen molar-refractivity contribution in [2.75, 3.05) is 0 Å². The lowest BCUT2D eigenvalue weighted by Gasteiger charge is -1.94. The van der Waals surface area contributed by atoms with Crippen molar-refractivity contribution < 1.29 is 4.79 Å².